The first-order chi connectivity index (χ1) is 32.7. The molecule has 0 saturated heterocycles. The van der Waals surface area contributed by atoms with E-state index >= 15 is 0 Å². The van der Waals surface area contributed by atoms with Crippen molar-refractivity contribution in [2.24, 2.45) is 9.98 Å². The number of aliphatic imine (C=N–C) groups is 2. The van der Waals surface area contributed by atoms with Gasteiger partial charge in [0.2, 0.25) is 0 Å². The molecule has 8 aromatic carbocycles. The minimum Gasteiger partial charge on any atom is -0.355 e. The number of amidine groups is 2. The van der Waals surface area contributed by atoms with Crippen LogP contribution in [-0.2, 0) is 0 Å². The molecular formula is C62H58BN5. The SMILES string of the molecule is CC1(C)N=C(c2ccc(-c3ccc4c(c3)-c3ccccc3Bc3ccccc3-c3cc(-c5ccc(C6=NC(C)(C)C(C)(C)N6c6ccccc6)cc5)ccc3N4)cc2)N(c2ccccc2)C1(C)C. The fraction of sp³-hybridized carbons (Fsp3) is 0.194. The van der Waals surface area contributed by atoms with Crippen LogP contribution in [-0.4, -0.2) is 41.1 Å². The van der Waals surface area contributed by atoms with Crippen molar-refractivity contribution in [2.75, 3.05) is 15.1 Å². The summed E-state index contributed by atoms with van der Waals surface area (Å²) >= 11 is 0. The summed E-state index contributed by atoms with van der Waals surface area (Å²) in [4.78, 5) is 15.5. The third-order valence-electron chi connectivity index (χ3n) is 15.6. The van der Waals surface area contributed by atoms with E-state index in [0.717, 1.165) is 64.0 Å². The first kappa shape index (κ1) is 43.2. The third kappa shape index (κ3) is 7.17. The van der Waals surface area contributed by atoms with Crippen molar-refractivity contribution in [1.82, 2.24) is 0 Å². The molecule has 0 amide bonds. The van der Waals surface area contributed by atoms with Crippen LogP contribution in [0.3, 0.4) is 0 Å². The van der Waals surface area contributed by atoms with Gasteiger partial charge >= 0.3 is 0 Å². The molecule has 5 nitrogen and oxygen atoms in total. The Morgan fingerprint density at radius 3 is 1.09 bits per heavy atom. The molecule has 8 aromatic rings. The summed E-state index contributed by atoms with van der Waals surface area (Å²) in [5.74, 6) is 2.01. The topological polar surface area (TPSA) is 43.2 Å². The van der Waals surface area contributed by atoms with Crippen molar-refractivity contribution in [2.45, 2.75) is 77.5 Å². The predicted molar refractivity (Wildman–Crippen MR) is 292 cm³/mol. The van der Waals surface area contributed by atoms with Crippen molar-refractivity contribution < 1.29 is 0 Å². The lowest BCUT2D eigenvalue weighted by molar-refractivity contribution is 0.338. The van der Waals surface area contributed by atoms with E-state index in [-0.39, 0.29) is 22.2 Å². The van der Waals surface area contributed by atoms with E-state index in [2.05, 4.69) is 265 Å². The Hall–Kier alpha value is -7.44. The van der Waals surface area contributed by atoms with Gasteiger partial charge in [0.05, 0.1) is 22.2 Å². The van der Waals surface area contributed by atoms with Crippen LogP contribution in [0.2, 0.25) is 0 Å². The van der Waals surface area contributed by atoms with Crippen molar-refractivity contribution in [3.63, 3.8) is 0 Å². The summed E-state index contributed by atoms with van der Waals surface area (Å²) in [6.07, 6.45) is 0. The summed E-state index contributed by atoms with van der Waals surface area (Å²) in [5, 5.41) is 3.97. The molecule has 3 aliphatic heterocycles. The monoisotopic (exact) mass is 883 g/mol. The van der Waals surface area contributed by atoms with Gasteiger partial charge in [-0.25, -0.2) is 0 Å². The Morgan fingerprint density at radius 2 is 0.691 bits per heavy atom. The zero-order chi connectivity index (χ0) is 47.0. The van der Waals surface area contributed by atoms with Crippen LogP contribution in [0.25, 0.3) is 44.5 Å². The van der Waals surface area contributed by atoms with Gasteiger partial charge in [-0.05, 0) is 137 Å². The highest BCUT2D eigenvalue weighted by Gasteiger charge is 2.51. The van der Waals surface area contributed by atoms with Crippen LogP contribution >= 0.6 is 0 Å². The molecule has 11 rings (SSSR count). The molecule has 0 radical (unpaired) electrons. The summed E-state index contributed by atoms with van der Waals surface area (Å²) in [6, 6.07) is 70.8. The Kier molecular flexibility index (Phi) is 10.2. The Labute approximate surface area is 403 Å². The number of rotatable bonds is 6. The highest BCUT2D eigenvalue weighted by Crippen LogP contribution is 2.45. The zero-order valence-electron chi connectivity index (χ0n) is 40.5. The fourth-order valence-electron chi connectivity index (χ4n) is 10.4. The Morgan fingerprint density at radius 1 is 0.353 bits per heavy atom. The zero-order valence-corrected chi connectivity index (χ0v) is 40.5. The van der Waals surface area contributed by atoms with Crippen LogP contribution in [0.15, 0.2) is 204 Å². The quantitative estimate of drug-likeness (QED) is 0.169. The van der Waals surface area contributed by atoms with E-state index in [4.69, 9.17) is 9.98 Å². The Bertz CT molecular complexity index is 3050. The van der Waals surface area contributed by atoms with Crippen molar-refractivity contribution in [3.05, 3.63) is 205 Å². The van der Waals surface area contributed by atoms with E-state index in [1.165, 1.54) is 44.3 Å². The number of nitrogens with zero attached hydrogens (tertiary/aromatic N) is 4. The van der Waals surface area contributed by atoms with E-state index < -0.39 is 0 Å². The predicted octanol–water partition coefficient (Wildman–Crippen LogP) is 13.4. The van der Waals surface area contributed by atoms with Gasteiger partial charge in [0.15, 0.2) is 7.28 Å². The van der Waals surface area contributed by atoms with Gasteiger partial charge in [-0.2, -0.15) is 0 Å². The maximum absolute atomic E-state index is 5.35. The van der Waals surface area contributed by atoms with E-state index in [1.807, 2.05) is 0 Å². The molecular weight excluding hydrogens is 826 g/mol. The summed E-state index contributed by atoms with van der Waals surface area (Å²) < 4.78 is 0. The molecule has 68 heavy (non-hydrogen) atoms. The number of hydrogen-bond donors (Lipinski definition) is 1. The largest absolute Gasteiger partial charge is 0.355 e. The van der Waals surface area contributed by atoms with Crippen LogP contribution < -0.4 is 26.0 Å². The number of fused-ring (bicyclic) bond motifs is 6. The second kappa shape index (κ2) is 16.1. The number of hydrogen-bond acceptors (Lipinski definition) is 5. The first-order valence-electron chi connectivity index (χ1n) is 24.0. The molecule has 0 unspecified atom stereocenters. The second-order valence-electron chi connectivity index (χ2n) is 20.7. The second-order valence-corrected chi connectivity index (χ2v) is 20.7. The molecule has 3 heterocycles. The van der Waals surface area contributed by atoms with Crippen LogP contribution in [0, 0.1) is 0 Å². The molecule has 0 spiro atoms. The molecule has 3 aliphatic rings. The van der Waals surface area contributed by atoms with Crippen molar-refractivity contribution in [1.29, 1.82) is 0 Å². The molecule has 6 heteroatoms. The van der Waals surface area contributed by atoms with Gasteiger partial charge in [0, 0.05) is 45.0 Å². The molecule has 334 valence electrons. The minimum absolute atomic E-state index is 0.214. The lowest BCUT2D eigenvalue weighted by atomic mass is 9.59. The smallest absolute Gasteiger partial charge is 0.193 e. The molecule has 0 fully saturated rings. The molecule has 1 N–H and O–H groups in total. The molecule has 0 aromatic heterocycles. The van der Waals surface area contributed by atoms with E-state index in [0.29, 0.717) is 0 Å². The van der Waals surface area contributed by atoms with Gasteiger partial charge in [-0.3, -0.25) is 9.98 Å². The van der Waals surface area contributed by atoms with Gasteiger partial charge < -0.3 is 15.1 Å². The summed E-state index contributed by atoms with van der Waals surface area (Å²) in [6.45, 7) is 18.1. The van der Waals surface area contributed by atoms with E-state index in [1.54, 1.807) is 0 Å². The number of para-hydroxylation sites is 2. The van der Waals surface area contributed by atoms with Crippen LogP contribution in [0.4, 0.5) is 22.7 Å². The highest BCUT2D eigenvalue weighted by molar-refractivity contribution is 6.70. The lowest BCUT2D eigenvalue weighted by Crippen LogP contribution is -2.53. The fourth-order valence-corrected chi connectivity index (χ4v) is 10.4. The molecule has 0 bridgehead atoms. The van der Waals surface area contributed by atoms with Crippen LogP contribution in [0.5, 0.6) is 0 Å². The first-order valence-corrected chi connectivity index (χ1v) is 24.0. The third-order valence-corrected chi connectivity index (χ3v) is 15.6. The Balaban J connectivity index is 0.953. The molecule has 0 aliphatic carbocycles. The maximum atomic E-state index is 5.35. The van der Waals surface area contributed by atoms with Gasteiger partial charge in [-0.1, -0.05) is 157 Å². The highest BCUT2D eigenvalue weighted by atomic mass is 15.3. The van der Waals surface area contributed by atoms with Crippen molar-refractivity contribution in [3.8, 4) is 44.5 Å². The summed E-state index contributed by atoms with van der Waals surface area (Å²) in [7, 11) is 0.808. The normalized spacial score (nSPS) is 17.1. The minimum atomic E-state index is -0.275. The van der Waals surface area contributed by atoms with Crippen molar-refractivity contribution >= 4 is 52.6 Å². The number of nitrogens with one attached hydrogen (secondary N) is 1. The van der Waals surface area contributed by atoms with Gasteiger partial charge in [-0.15, -0.1) is 0 Å². The average Bonchev–Trinajstić information content (AvgIpc) is 3.67. The van der Waals surface area contributed by atoms with Gasteiger partial charge in [0.1, 0.15) is 11.7 Å². The average molecular weight is 884 g/mol. The number of anilines is 4. The maximum Gasteiger partial charge on any atom is 0.193 e. The lowest BCUT2D eigenvalue weighted by Gasteiger charge is -2.41. The van der Waals surface area contributed by atoms with Gasteiger partial charge in [0.25, 0.3) is 0 Å². The molecule has 0 saturated carbocycles. The number of benzene rings is 8. The standard InChI is InChI=1S/C62H58BN5/c1-59(2)61(5,6)67(47-19-11-9-12-20-47)57(65-59)43-31-27-41(28-32-43)45-35-37-55-51(39-45)49-23-15-17-25-53(49)63-54-26-18-16-24-50(54)52-40-46(36-38-56(52)64-55)42-29-33-44(34-30-42)58-66-60(3,4)62(7,8)68(58)48-21-13-10-14-22-48/h9-40,63-64H,1-8H3. The van der Waals surface area contributed by atoms with Crippen LogP contribution in [0.1, 0.15) is 66.5 Å². The molecule has 0 atom stereocenters. The summed E-state index contributed by atoms with van der Waals surface area (Å²) in [5.41, 5.74) is 17.8. The van der Waals surface area contributed by atoms with E-state index in [9.17, 15) is 0 Å².